The van der Waals surface area contributed by atoms with Gasteiger partial charge in [0.2, 0.25) is 0 Å². The summed E-state index contributed by atoms with van der Waals surface area (Å²) < 4.78 is 42.3. The number of hydrogen-bond donors (Lipinski definition) is 0. The summed E-state index contributed by atoms with van der Waals surface area (Å²) in [6.45, 7) is 0. The molecule has 0 radical (unpaired) electrons. The first-order valence-electron chi connectivity index (χ1n) is 8.17. The van der Waals surface area contributed by atoms with E-state index in [-0.39, 0.29) is 5.75 Å². The van der Waals surface area contributed by atoms with E-state index in [9.17, 15) is 13.2 Å². The third-order valence-electron chi connectivity index (χ3n) is 3.87. The van der Waals surface area contributed by atoms with Gasteiger partial charge < -0.3 is 4.74 Å². The van der Waals surface area contributed by atoms with Gasteiger partial charge in [0.15, 0.2) is 0 Å². The Morgan fingerprint density at radius 1 is 0.893 bits per heavy atom. The lowest BCUT2D eigenvalue weighted by atomic mass is 10.0. The molecule has 4 aromatic rings. The zero-order valence-electron chi connectivity index (χ0n) is 14.2. The van der Waals surface area contributed by atoms with Crippen molar-refractivity contribution in [2.24, 2.45) is 0 Å². The molecule has 2 heterocycles. The second-order valence-electron chi connectivity index (χ2n) is 5.75. The fourth-order valence-corrected chi connectivity index (χ4v) is 3.49. The molecule has 28 heavy (non-hydrogen) atoms. The van der Waals surface area contributed by atoms with Crippen LogP contribution in [0.15, 0.2) is 72.5 Å². The normalized spacial score (nSPS) is 11.4. The van der Waals surface area contributed by atoms with Crippen LogP contribution in [0.3, 0.4) is 0 Å². The van der Waals surface area contributed by atoms with Crippen molar-refractivity contribution >= 4 is 11.3 Å². The van der Waals surface area contributed by atoms with Gasteiger partial charge >= 0.3 is 6.36 Å². The maximum absolute atomic E-state index is 12.7. The van der Waals surface area contributed by atoms with Crippen molar-refractivity contribution in [3.05, 3.63) is 72.5 Å². The molecule has 0 aliphatic heterocycles. The Labute approximate surface area is 162 Å². The number of para-hydroxylation sites is 1. The summed E-state index contributed by atoms with van der Waals surface area (Å²) in [7, 11) is 0. The summed E-state index contributed by atoms with van der Waals surface area (Å²) in [5.74, 6) is -0.245. The van der Waals surface area contributed by atoms with E-state index in [4.69, 9.17) is 0 Å². The van der Waals surface area contributed by atoms with E-state index in [1.165, 1.54) is 23.5 Å². The molecule has 4 nitrogen and oxygen atoms in total. The first kappa shape index (κ1) is 18.1. The van der Waals surface area contributed by atoms with Crippen molar-refractivity contribution in [1.82, 2.24) is 15.0 Å². The first-order valence-corrected chi connectivity index (χ1v) is 9.05. The summed E-state index contributed by atoms with van der Waals surface area (Å²) in [6.07, 6.45) is 0.0502. The highest BCUT2D eigenvalue weighted by Gasteiger charge is 2.32. The molecular formula is C20H12F3N3OS. The highest BCUT2D eigenvalue weighted by atomic mass is 32.1. The predicted octanol–water partition coefficient (Wildman–Crippen LogP) is 5.83. The quantitative estimate of drug-likeness (QED) is 0.433. The van der Waals surface area contributed by atoms with Gasteiger partial charge in [-0.05, 0) is 17.7 Å². The van der Waals surface area contributed by atoms with E-state index in [0.29, 0.717) is 27.5 Å². The highest BCUT2D eigenvalue weighted by molar-refractivity contribution is 7.13. The van der Waals surface area contributed by atoms with Crippen LogP contribution in [0.5, 0.6) is 5.75 Å². The van der Waals surface area contributed by atoms with Crippen LogP contribution in [-0.4, -0.2) is 21.3 Å². The molecule has 0 N–H and O–H groups in total. The maximum Gasteiger partial charge on any atom is 0.573 e. The standard InChI is InChI=1S/C20H12F3N3OS/c21-20(22,23)27-18-7-2-1-6-15(18)13-4-3-5-14(10-13)17-12-28-19(26-17)16-11-24-8-9-25-16/h1-12H. The minimum atomic E-state index is -4.76. The number of ether oxygens (including phenoxy) is 1. The molecule has 0 unspecified atom stereocenters. The fraction of sp³-hybridized carbons (Fsp3) is 0.0500. The summed E-state index contributed by atoms with van der Waals surface area (Å²) in [6, 6.07) is 13.2. The molecule has 4 rings (SSSR count). The average molecular weight is 399 g/mol. The summed E-state index contributed by atoms with van der Waals surface area (Å²) in [5.41, 5.74) is 3.11. The summed E-state index contributed by atoms with van der Waals surface area (Å²) >= 11 is 1.42. The Balaban J connectivity index is 1.70. The van der Waals surface area contributed by atoms with Gasteiger partial charge in [0.05, 0.1) is 11.9 Å². The molecule has 0 aliphatic rings. The van der Waals surface area contributed by atoms with Crippen LogP contribution >= 0.6 is 11.3 Å². The molecule has 0 amide bonds. The number of hydrogen-bond acceptors (Lipinski definition) is 5. The number of benzene rings is 2. The van der Waals surface area contributed by atoms with Crippen LogP contribution < -0.4 is 4.74 Å². The number of halogens is 3. The Morgan fingerprint density at radius 2 is 1.71 bits per heavy atom. The van der Waals surface area contributed by atoms with Gasteiger partial charge in [0.25, 0.3) is 0 Å². The molecule has 2 aromatic heterocycles. The zero-order chi connectivity index (χ0) is 19.6. The molecule has 0 atom stereocenters. The lowest BCUT2D eigenvalue weighted by molar-refractivity contribution is -0.274. The van der Waals surface area contributed by atoms with Gasteiger partial charge in [-0.2, -0.15) is 0 Å². The zero-order valence-corrected chi connectivity index (χ0v) is 15.0. The van der Waals surface area contributed by atoms with Crippen LogP contribution in [0.1, 0.15) is 0 Å². The minimum Gasteiger partial charge on any atom is -0.405 e. The lowest BCUT2D eigenvalue weighted by Crippen LogP contribution is -2.17. The largest absolute Gasteiger partial charge is 0.573 e. The van der Waals surface area contributed by atoms with Crippen molar-refractivity contribution in [2.75, 3.05) is 0 Å². The van der Waals surface area contributed by atoms with Crippen LogP contribution in [0, 0.1) is 0 Å². The van der Waals surface area contributed by atoms with Crippen molar-refractivity contribution in [3.8, 4) is 38.8 Å². The monoisotopic (exact) mass is 399 g/mol. The topological polar surface area (TPSA) is 47.9 Å². The SMILES string of the molecule is FC(F)(F)Oc1ccccc1-c1cccc(-c2csc(-c3cnccn3)n2)c1. The summed E-state index contributed by atoms with van der Waals surface area (Å²) in [4.78, 5) is 12.8. The molecular weight excluding hydrogens is 387 g/mol. The number of rotatable bonds is 4. The third kappa shape index (κ3) is 4.01. The number of thiazole rings is 1. The van der Waals surface area contributed by atoms with Gasteiger partial charge in [-0.15, -0.1) is 24.5 Å². The van der Waals surface area contributed by atoms with Gasteiger partial charge in [0, 0.05) is 28.9 Å². The second-order valence-corrected chi connectivity index (χ2v) is 6.61. The summed E-state index contributed by atoms with van der Waals surface area (Å²) in [5, 5.41) is 2.59. The van der Waals surface area contributed by atoms with E-state index < -0.39 is 6.36 Å². The van der Waals surface area contributed by atoms with Gasteiger partial charge in [0.1, 0.15) is 16.5 Å². The highest BCUT2D eigenvalue weighted by Crippen LogP contribution is 2.36. The Bertz CT molecular complexity index is 1100. The third-order valence-corrected chi connectivity index (χ3v) is 4.73. The molecule has 0 bridgehead atoms. The Morgan fingerprint density at radius 3 is 2.50 bits per heavy atom. The minimum absolute atomic E-state index is 0.245. The van der Waals surface area contributed by atoms with Gasteiger partial charge in [-0.1, -0.05) is 36.4 Å². The molecule has 0 saturated heterocycles. The van der Waals surface area contributed by atoms with E-state index in [0.717, 1.165) is 5.56 Å². The predicted molar refractivity (Wildman–Crippen MR) is 101 cm³/mol. The van der Waals surface area contributed by atoms with Crippen LogP contribution in [0.25, 0.3) is 33.1 Å². The lowest BCUT2D eigenvalue weighted by Gasteiger charge is -2.13. The van der Waals surface area contributed by atoms with Gasteiger partial charge in [-0.3, -0.25) is 9.97 Å². The van der Waals surface area contributed by atoms with Crippen molar-refractivity contribution in [2.45, 2.75) is 6.36 Å². The van der Waals surface area contributed by atoms with E-state index in [2.05, 4.69) is 19.7 Å². The number of alkyl halides is 3. The van der Waals surface area contributed by atoms with Crippen LogP contribution in [0.2, 0.25) is 0 Å². The molecule has 8 heteroatoms. The molecule has 0 fully saturated rings. The Hall–Kier alpha value is -3.26. The van der Waals surface area contributed by atoms with Crippen LogP contribution in [0.4, 0.5) is 13.2 Å². The van der Waals surface area contributed by atoms with Gasteiger partial charge in [-0.25, -0.2) is 4.98 Å². The van der Waals surface area contributed by atoms with E-state index in [1.54, 1.807) is 48.9 Å². The first-order chi connectivity index (χ1) is 13.5. The molecule has 0 spiro atoms. The number of aromatic nitrogens is 3. The second kappa shape index (κ2) is 7.40. The molecule has 2 aromatic carbocycles. The molecule has 0 saturated carbocycles. The maximum atomic E-state index is 12.7. The smallest absolute Gasteiger partial charge is 0.405 e. The van der Waals surface area contributed by atoms with Crippen molar-refractivity contribution in [1.29, 1.82) is 0 Å². The van der Waals surface area contributed by atoms with E-state index in [1.807, 2.05) is 11.4 Å². The van der Waals surface area contributed by atoms with Crippen molar-refractivity contribution in [3.63, 3.8) is 0 Å². The number of nitrogens with zero attached hydrogens (tertiary/aromatic N) is 3. The van der Waals surface area contributed by atoms with Crippen LogP contribution in [-0.2, 0) is 0 Å². The van der Waals surface area contributed by atoms with Crippen molar-refractivity contribution < 1.29 is 17.9 Å². The average Bonchev–Trinajstić information content (AvgIpc) is 3.18. The van der Waals surface area contributed by atoms with E-state index >= 15 is 0 Å². The molecule has 0 aliphatic carbocycles. The fourth-order valence-electron chi connectivity index (χ4n) is 2.70. The Kier molecular flexibility index (Phi) is 4.79. The molecule has 140 valence electrons.